The fourth-order valence-corrected chi connectivity index (χ4v) is 1.25. The van der Waals surface area contributed by atoms with Crippen LogP contribution >= 0.6 is 0 Å². The van der Waals surface area contributed by atoms with Crippen molar-refractivity contribution in [3.63, 3.8) is 0 Å². The maximum atomic E-state index is 8.74. The van der Waals surface area contributed by atoms with E-state index in [4.69, 9.17) is 10.8 Å². The Hall–Kier alpha value is -1.62. The third-order valence-electron chi connectivity index (χ3n) is 1.85. The van der Waals surface area contributed by atoms with Crippen molar-refractivity contribution in [2.45, 2.75) is 6.54 Å². The topological polar surface area (TPSA) is 77.0 Å². The monoisotopic (exact) mass is 178 g/mol. The molecule has 2 aromatic rings. The zero-order chi connectivity index (χ0) is 9.26. The number of nitrogen functional groups attached to an aromatic ring is 1. The van der Waals surface area contributed by atoms with Crippen LogP contribution in [0.1, 0.15) is 0 Å². The Morgan fingerprint density at radius 3 is 3.08 bits per heavy atom. The van der Waals surface area contributed by atoms with Gasteiger partial charge in [0, 0.05) is 5.69 Å². The number of aromatic nitrogens is 3. The summed E-state index contributed by atoms with van der Waals surface area (Å²) in [6.07, 6.45) is 0. The highest BCUT2D eigenvalue weighted by Gasteiger charge is 2.02. The molecular formula is C8H10N4O. The normalized spacial score (nSPS) is 10.8. The maximum absolute atomic E-state index is 8.74. The highest BCUT2D eigenvalue weighted by atomic mass is 16.3. The van der Waals surface area contributed by atoms with Crippen LogP contribution in [0.4, 0.5) is 5.69 Å². The van der Waals surface area contributed by atoms with E-state index in [0.29, 0.717) is 12.2 Å². The van der Waals surface area contributed by atoms with Gasteiger partial charge in [0.05, 0.1) is 18.7 Å². The van der Waals surface area contributed by atoms with Gasteiger partial charge in [-0.3, -0.25) is 0 Å². The van der Waals surface area contributed by atoms with Gasteiger partial charge in [0.15, 0.2) is 0 Å². The van der Waals surface area contributed by atoms with Crippen molar-refractivity contribution in [1.29, 1.82) is 0 Å². The highest BCUT2D eigenvalue weighted by Crippen LogP contribution is 2.13. The van der Waals surface area contributed by atoms with Gasteiger partial charge >= 0.3 is 0 Å². The van der Waals surface area contributed by atoms with Gasteiger partial charge in [0.1, 0.15) is 5.52 Å². The van der Waals surface area contributed by atoms with Gasteiger partial charge in [-0.05, 0) is 18.2 Å². The third kappa shape index (κ3) is 1.33. The minimum Gasteiger partial charge on any atom is -0.399 e. The molecular weight excluding hydrogens is 168 g/mol. The second kappa shape index (κ2) is 3.02. The van der Waals surface area contributed by atoms with Gasteiger partial charge in [-0.25, -0.2) is 4.68 Å². The average molecular weight is 178 g/mol. The molecule has 0 aliphatic heterocycles. The van der Waals surface area contributed by atoms with Gasteiger partial charge < -0.3 is 10.8 Å². The van der Waals surface area contributed by atoms with Crippen molar-refractivity contribution < 1.29 is 5.11 Å². The lowest BCUT2D eigenvalue weighted by molar-refractivity contribution is 0.270. The van der Waals surface area contributed by atoms with Gasteiger partial charge in [-0.1, -0.05) is 5.21 Å². The van der Waals surface area contributed by atoms with E-state index >= 15 is 0 Å². The van der Waals surface area contributed by atoms with Crippen LogP contribution in [0.15, 0.2) is 18.2 Å². The fraction of sp³-hybridized carbons (Fsp3) is 0.250. The van der Waals surface area contributed by atoms with Gasteiger partial charge in [-0.15, -0.1) is 5.10 Å². The van der Waals surface area contributed by atoms with Crippen LogP contribution in [-0.4, -0.2) is 26.7 Å². The summed E-state index contributed by atoms with van der Waals surface area (Å²) in [5.41, 5.74) is 7.90. The van der Waals surface area contributed by atoms with Crippen LogP contribution in [0.5, 0.6) is 0 Å². The SMILES string of the molecule is Nc1ccc2c(c1)nnn2CCO. The molecule has 0 radical (unpaired) electrons. The zero-order valence-corrected chi connectivity index (χ0v) is 7.01. The first-order valence-electron chi connectivity index (χ1n) is 4.01. The summed E-state index contributed by atoms with van der Waals surface area (Å²) in [5, 5.41) is 16.5. The molecule has 2 rings (SSSR count). The van der Waals surface area contributed by atoms with Crippen molar-refractivity contribution in [3.05, 3.63) is 18.2 Å². The molecule has 5 heteroatoms. The molecule has 1 aromatic heterocycles. The van der Waals surface area contributed by atoms with E-state index in [0.717, 1.165) is 11.0 Å². The van der Waals surface area contributed by atoms with Crippen LogP contribution in [0, 0.1) is 0 Å². The summed E-state index contributed by atoms with van der Waals surface area (Å²) >= 11 is 0. The van der Waals surface area contributed by atoms with E-state index in [1.165, 1.54) is 0 Å². The molecule has 0 unspecified atom stereocenters. The standard InChI is InChI=1S/C8H10N4O/c9-6-1-2-8-7(5-6)10-11-12(8)3-4-13/h1-2,5,13H,3-4,9H2. The van der Waals surface area contributed by atoms with E-state index in [9.17, 15) is 0 Å². The molecule has 0 aliphatic rings. The first-order chi connectivity index (χ1) is 6.31. The summed E-state index contributed by atoms with van der Waals surface area (Å²) in [5.74, 6) is 0. The Bertz CT molecular complexity index is 423. The van der Waals surface area contributed by atoms with E-state index < -0.39 is 0 Å². The van der Waals surface area contributed by atoms with E-state index in [1.807, 2.05) is 6.07 Å². The predicted octanol–water partition coefficient (Wildman–Crippen LogP) is 0.00580. The maximum Gasteiger partial charge on any atom is 0.115 e. The molecule has 0 saturated carbocycles. The van der Waals surface area contributed by atoms with E-state index in [1.54, 1.807) is 16.8 Å². The lowest BCUT2D eigenvalue weighted by atomic mass is 10.3. The van der Waals surface area contributed by atoms with Crippen LogP contribution in [-0.2, 0) is 6.54 Å². The highest BCUT2D eigenvalue weighted by molar-refractivity contribution is 5.77. The minimum atomic E-state index is 0.0584. The second-order valence-corrected chi connectivity index (χ2v) is 2.78. The van der Waals surface area contributed by atoms with Gasteiger partial charge in [0.2, 0.25) is 0 Å². The first kappa shape index (κ1) is 8.00. The summed E-state index contributed by atoms with van der Waals surface area (Å²) in [6.45, 7) is 0.517. The molecule has 13 heavy (non-hydrogen) atoms. The van der Waals surface area contributed by atoms with Crippen molar-refractivity contribution in [2.75, 3.05) is 12.3 Å². The van der Waals surface area contributed by atoms with Crippen molar-refractivity contribution in [3.8, 4) is 0 Å². The quantitative estimate of drug-likeness (QED) is 0.635. The largest absolute Gasteiger partial charge is 0.399 e. The molecule has 68 valence electrons. The number of aliphatic hydroxyl groups is 1. The number of rotatable bonds is 2. The van der Waals surface area contributed by atoms with Crippen LogP contribution in [0.2, 0.25) is 0 Å². The molecule has 0 atom stereocenters. The van der Waals surface area contributed by atoms with Crippen LogP contribution in [0.3, 0.4) is 0 Å². The van der Waals surface area contributed by atoms with Gasteiger partial charge in [-0.2, -0.15) is 0 Å². The molecule has 0 amide bonds. The summed E-state index contributed by atoms with van der Waals surface area (Å²) in [4.78, 5) is 0. The molecule has 3 N–H and O–H groups in total. The third-order valence-corrected chi connectivity index (χ3v) is 1.85. The van der Waals surface area contributed by atoms with Crippen LogP contribution < -0.4 is 5.73 Å². The number of benzene rings is 1. The van der Waals surface area contributed by atoms with Crippen molar-refractivity contribution in [2.24, 2.45) is 0 Å². The van der Waals surface area contributed by atoms with E-state index in [2.05, 4.69) is 10.3 Å². The number of nitrogens with zero attached hydrogens (tertiary/aromatic N) is 3. The average Bonchev–Trinajstić information content (AvgIpc) is 2.49. The lowest BCUT2D eigenvalue weighted by Gasteiger charge is -1.97. The van der Waals surface area contributed by atoms with Gasteiger partial charge in [0.25, 0.3) is 0 Å². The number of nitrogens with two attached hydrogens (primary N) is 1. The zero-order valence-electron chi connectivity index (χ0n) is 7.01. The minimum absolute atomic E-state index is 0.0584. The molecule has 0 spiro atoms. The number of anilines is 1. The number of hydrogen-bond donors (Lipinski definition) is 2. The van der Waals surface area contributed by atoms with Crippen LogP contribution in [0.25, 0.3) is 11.0 Å². The molecule has 0 aliphatic carbocycles. The smallest absolute Gasteiger partial charge is 0.115 e. The Balaban J connectivity index is 2.55. The second-order valence-electron chi connectivity index (χ2n) is 2.78. The molecule has 1 heterocycles. The Labute approximate surface area is 74.8 Å². The van der Waals surface area contributed by atoms with Crippen molar-refractivity contribution >= 4 is 16.7 Å². The molecule has 0 bridgehead atoms. The molecule has 5 nitrogen and oxygen atoms in total. The molecule has 0 saturated heterocycles. The Morgan fingerprint density at radius 1 is 1.46 bits per heavy atom. The summed E-state index contributed by atoms with van der Waals surface area (Å²) < 4.78 is 1.65. The lowest BCUT2D eigenvalue weighted by Crippen LogP contribution is -2.03. The van der Waals surface area contributed by atoms with Crippen molar-refractivity contribution in [1.82, 2.24) is 15.0 Å². The number of aliphatic hydroxyl groups excluding tert-OH is 1. The predicted molar refractivity (Wildman–Crippen MR) is 49.0 cm³/mol. The molecule has 0 fully saturated rings. The fourth-order valence-electron chi connectivity index (χ4n) is 1.25. The Morgan fingerprint density at radius 2 is 2.31 bits per heavy atom. The first-order valence-corrected chi connectivity index (χ1v) is 4.01. The summed E-state index contributed by atoms with van der Waals surface area (Å²) in [6, 6.07) is 5.40. The summed E-state index contributed by atoms with van der Waals surface area (Å²) in [7, 11) is 0. The van der Waals surface area contributed by atoms with E-state index in [-0.39, 0.29) is 6.61 Å². The number of hydrogen-bond acceptors (Lipinski definition) is 4. The molecule has 1 aromatic carbocycles. The Kier molecular flexibility index (Phi) is 1.86. The number of fused-ring (bicyclic) bond motifs is 1.